The highest BCUT2D eigenvalue weighted by molar-refractivity contribution is 4.86. The van der Waals surface area contributed by atoms with Crippen LogP contribution >= 0.6 is 0 Å². The van der Waals surface area contributed by atoms with Gasteiger partial charge in [-0.15, -0.1) is 0 Å². The van der Waals surface area contributed by atoms with Crippen molar-refractivity contribution >= 4 is 0 Å². The summed E-state index contributed by atoms with van der Waals surface area (Å²) in [4.78, 5) is 2.68. The molecule has 0 heterocycles. The summed E-state index contributed by atoms with van der Waals surface area (Å²) in [6.45, 7) is 10.4. The number of hydrogen-bond acceptors (Lipinski definition) is 2. The highest BCUT2D eigenvalue weighted by Gasteiger charge is 2.29. The molecule has 84 valence electrons. The maximum absolute atomic E-state index is 3.56. The quantitative estimate of drug-likeness (QED) is 0.643. The molecule has 0 spiro atoms. The van der Waals surface area contributed by atoms with Gasteiger partial charge in [-0.1, -0.05) is 20.8 Å². The van der Waals surface area contributed by atoms with Gasteiger partial charge in [0.15, 0.2) is 0 Å². The summed E-state index contributed by atoms with van der Waals surface area (Å²) in [5.41, 5.74) is 0. The molecule has 0 bridgehead atoms. The Bertz CT molecular complexity index is 143. The van der Waals surface area contributed by atoms with Crippen molar-refractivity contribution in [2.45, 2.75) is 58.5 Å². The number of nitrogens with zero attached hydrogens (tertiary/aromatic N) is 1. The number of rotatable bonds is 8. The maximum Gasteiger partial charge on any atom is 0.0192 e. The molecule has 0 aromatic carbocycles. The average molecular weight is 198 g/mol. The summed E-state index contributed by atoms with van der Waals surface area (Å²) in [5, 5.41) is 3.56. The topological polar surface area (TPSA) is 15.3 Å². The Morgan fingerprint density at radius 3 is 2.43 bits per heavy atom. The minimum absolute atomic E-state index is 0.701. The molecule has 1 atom stereocenters. The van der Waals surface area contributed by atoms with Gasteiger partial charge in [0.25, 0.3) is 0 Å². The molecular formula is C12H26N2. The molecule has 1 rings (SSSR count). The Labute approximate surface area is 89.1 Å². The van der Waals surface area contributed by atoms with Crippen LogP contribution in [0.25, 0.3) is 0 Å². The first kappa shape index (κ1) is 12.0. The van der Waals surface area contributed by atoms with Crippen molar-refractivity contribution in [1.29, 1.82) is 0 Å². The molecule has 0 saturated heterocycles. The van der Waals surface area contributed by atoms with Crippen molar-refractivity contribution in [2.75, 3.05) is 19.6 Å². The average Bonchev–Trinajstić information content (AvgIpc) is 2.99. The number of likely N-dealkylation sites (N-methyl/N-ethyl adjacent to an activating group) is 1. The second kappa shape index (κ2) is 6.41. The monoisotopic (exact) mass is 198 g/mol. The summed E-state index contributed by atoms with van der Waals surface area (Å²) in [5.74, 6) is 0. The standard InChI is InChI=1S/C12H26N2/c1-4-9-14(12-7-8-12)10-11(5-2)13-6-3/h11-13H,4-10H2,1-3H3. The number of nitrogens with one attached hydrogen (secondary N) is 1. The van der Waals surface area contributed by atoms with Crippen molar-refractivity contribution < 1.29 is 0 Å². The molecular weight excluding hydrogens is 172 g/mol. The van der Waals surface area contributed by atoms with Crippen LogP contribution in [0.1, 0.15) is 46.5 Å². The lowest BCUT2D eigenvalue weighted by Gasteiger charge is -2.27. The fourth-order valence-corrected chi connectivity index (χ4v) is 2.06. The third kappa shape index (κ3) is 3.97. The van der Waals surface area contributed by atoms with Crippen molar-refractivity contribution in [3.63, 3.8) is 0 Å². The summed E-state index contributed by atoms with van der Waals surface area (Å²) < 4.78 is 0. The third-order valence-electron chi connectivity index (χ3n) is 3.01. The molecule has 2 heteroatoms. The Morgan fingerprint density at radius 1 is 1.29 bits per heavy atom. The fourth-order valence-electron chi connectivity index (χ4n) is 2.06. The highest BCUT2D eigenvalue weighted by Crippen LogP contribution is 2.27. The molecule has 1 saturated carbocycles. The van der Waals surface area contributed by atoms with E-state index in [-0.39, 0.29) is 0 Å². The normalized spacial score (nSPS) is 18.9. The smallest absolute Gasteiger partial charge is 0.0192 e. The van der Waals surface area contributed by atoms with E-state index in [1.54, 1.807) is 0 Å². The van der Waals surface area contributed by atoms with Crippen LogP contribution < -0.4 is 5.32 Å². The van der Waals surface area contributed by atoms with Crippen molar-refractivity contribution in [3.05, 3.63) is 0 Å². The second-order valence-corrected chi connectivity index (χ2v) is 4.39. The summed E-state index contributed by atoms with van der Waals surface area (Å²) in [6, 6.07) is 1.62. The number of hydrogen-bond donors (Lipinski definition) is 1. The van der Waals surface area contributed by atoms with Gasteiger partial charge in [-0.25, -0.2) is 0 Å². The zero-order valence-corrected chi connectivity index (χ0v) is 10.1. The van der Waals surface area contributed by atoms with Crippen molar-refractivity contribution in [3.8, 4) is 0 Å². The maximum atomic E-state index is 3.56. The van der Waals surface area contributed by atoms with Gasteiger partial charge in [0, 0.05) is 18.6 Å². The Balaban J connectivity index is 2.27. The first-order valence-electron chi connectivity index (χ1n) is 6.29. The lowest BCUT2D eigenvalue weighted by molar-refractivity contribution is 0.230. The van der Waals surface area contributed by atoms with E-state index in [1.807, 2.05) is 0 Å². The van der Waals surface area contributed by atoms with Gasteiger partial charge in [-0.2, -0.15) is 0 Å². The van der Waals surface area contributed by atoms with Crippen LogP contribution in [-0.2, 0) is 0 Å². The highest BCUT2D eigenvalue weighted by atomic mass is 15.2. The van der Waals surface area contributed by atoms with Gasteiger partial charge < -0.3 is 5.32 Å². The lowest BCUT2D eigenvalue weighted by atomic mass is 10.2. The molecule has 0 radical (unpaired) electrons. The van der Waals surface area contributed by atoms with Crippen LogP contribution in [0.3, 0.4) is 0 Å². The van der Waals surface area contributed by atoms with Gasteiger partial charge in [0.1, 0.15) is 0 Å². The Hall–Kier alpha value is -0.0800. The van der Waals surface area contributed by atoms with Crippen LogP contribution in [-0.4, -0.2) is 36.6 Å². The molecule has 1 N–H and O–H groups in total. The van der Waals surface area contributed by atoms with Crippen LogP contribution in [0, 0.1) is 0 Å². The van der Waals surface area contributed by atoms with E-state index < -0.39 is 0 Å². The predicted molar refractivity (Wildman–Crippen MR) is 62.6 cm³/mol. The molecule has 1 fully saturated rings. The Morgan fingerprint density at radius 2 is 2.00 bits per heavy atom. The van der Waals surface area contributed by atoms with E-state index in [0.29, 0.717) is 6.04 Å². The zero-order chi connectivity index (χ0) is 10.4. The minimum Gasteiger partial charge on any atom is -0.313 e. The molecule has 1 unspecified atom stereocenters. The third-order valence-corrected chi connectivity index (χ3v) is 3.01. The summed E-state index contributed by atoms with van der Waals surface area (Å²) >= 11 is 0. The first-order chi connectivity index (χ1) is 6.81. The van der Waals surface area contributed by atoms with Gasteiger partial charge in [-0.05, 0) is 38.8 Å². The van der Waals surface area contributed by atoms with Crippen LogP contribution in [0.15, 0.2) is 0 Å². The van der Waals surface area contributed by atoms with Gasteiger partial charge in [0.05, 0.1) is 0 Å². The van der Waals surface area contributed by atoms with Crippen molar-refractivity contribution in [1.82, 2.24) is 10.2 Å². The molecule has 0 aromatic rings. The SMILES string of the molecule is CCCN(CC(CC)NCC)C1CC1. The molecule has 1 aliphatic rings. The molecule has 0 aliphatic heterocycles. The van der Waals surface area contributed by atoms with Gasteiger partial charge >= 0.3 is 0 Å². The second-order valence-electron chi connectivity index (χ2n) is 4.39. The zero-order valence-electron chi connectivity index (χ0n) is 10.1. The Kier molecular flexibility index (Phi) is 5.49. The molecule has 0 aromatic heterocycles. The summed E-state index contributed by atoms with van der Waals surface area (Å²) in [7, 11) is 0. The largest absolute Gasteiger partial charge is 0.313 e. The van der Waals surface area contributed by atoms with Crippen molar-refractivity contribution in [2.24, 2.45) is 0 Å². The van der Waals surface area contributed by atoms with E-state index in [1.165, 1.54) is 38.8 Å². The predicted octanol–water partition coefficient (Wildman–Crippen LogP) is 2.25. The van der Waals surface area contributed by atoms with E-state index >= 15 is 0 Å². The van der Waals surface area contributed by atoms with E-state index in [2.05, 4.69) is 31.0 Å². The van der Waals surface area contributed by atoms with Crippen LogP contribution in [0.4, 0.5) is 0 Å². The van der Waals surface area contributed by atoms with E-state index in [9.17, 15) is 0 Å². The van der Waals surface area contributed by atoms with Crippen LogP contribution in [0.5, 0.6) is 0 Å². The van der Waals surface area contributed by atoms with Crippen LogP contribution in [0.2, 0.25) is 0 Å². The molecule has 2 nitrogen and oxygen atoms in total. The molecule has 14 heavy (non-hydrogen) atoms. The minimum atomic E-state index is 0.701. The first-order valence-corrected chi connectivity index (χ1v) is 6.29. The van der Waals surface area contributed by atoms with E-state index in [4.69, 9.17) is 0 Å². The lowest BCUT2D eigenvalue weighted by Crippen LogP contribution is -2.42. The molecule has 0 amide bonds. The van der Waals surface area contributed by atoms with E-state index in [0.717, 1.165) is 12.6 Å². The van der Waals surface area contributed by atoms with Gasteiger partial charge in [-0.3, -0.25) is 4.90 Å². The fraction of sp³-hybridized carbons (Fsp3) is 1.00. The van der Waals surface area contributed by atoms with Gasteiger partial charge in [0.2, 0.25) is 0 Å². The summed E-state index contributed by atoms with van der Waals surface area (Å²) in [6.07, 6.45) is 5.41. The molecule has 1 aliphatic carbocycles.